The monoisotopic (exact) mass is 405 g/mol. The van der Waals surface area contributed by atoms with Crippen LogP contribution in [-0.4, -0.2) is 12.2 Å². The minimum Gasteiger partial charge on any atom is -0.489 e. The molecule has 1 aliphatic rings. The fourth-order valence-corrected chi connectivity index (χ4v) is 3.14. The van der Waals surface area contributed by atoms with Crippen molar-refractivity contribution in [2.45, 2.75) is 32.4 Å². The van der Waals surface area contributed by atoms with E-state index in [0.29, 0.717) is 19.4 Å². The smallest absolute Gasteiger partial charge is 0.230 e. The van der Waals surface area contributed by atoms with Gasteiger partial charge in [0.2, 0.25) is 5.91 Å². The lowest BCUT2D eigenvalue weighted by atomic mass is 9.93. The molecule has 3 aromatic carbocycles. The third-order valence-electron chi connectivity index (χ3n) is 4.73. The fourth-order valence-electron chi connectivity index (χ4n) is 3.14. The number of carbonyl (C=O) groups excluding carboxylic acids is 2. The zero-order chi connectivity index (χ0) is 21.3. The zero-order valence-corrected chi connectivity index (χ0v) is 16.8. The number of amides is 1. The number of halogens is 1. The molecular weight excluding hydrogens is 381 g/mol. The predicted octanol–water partition coefficient (Wildman–Crippen LogP) is 5.48. The maximum Gasteiger partial charge on any atom is 0.230 e. The molecule has 4 rings (SSSR count). The van der Waals surface area contributed by atoms with Crippen LogP contribution in [0, 0.1) is 5.82 Å². The summed E-state index contributed by atoms with van der Waals surface area (Å²) in [6.07, 6.45) is 1.97. The first kappa shape index (κ1) is 21.2. The Kier molecular flexibility index (Phi) is 7.33. The molecule has 1 atom stereocenters. The van der Waals surface area contributed by atoms with Gasteiger partial charge in [0.1, 0.15) is 24.5 Å². The van der Waals surface area contributed by atoms with E-state index >= 15 is 0 Å². The van der Waals surface area contributed by atoms with Gasteiger partial charge in [-0.25, -0.2) is 4.39 Å². The van der Waals surface area contributed by atoms with Crippen LogP contribution in [0.15, 0.2) is 78.9 Å². The van der Waals surface area contributed by atoms with E-state index < -0.39 is 0 Å². The molecule has 0 aliphatic carbocycles. The summed E-state index contributed by atoms with van der Waals surface area (Å²) < 4.78 is 18.9. The first-order chi connectivity index (χ1) is 14.6. The van der Waals surface area contributed by atoms with E-state index in [2.05, 4.69) is 0 Å². The second-order valence-electron chi connectivity index (χ2n) is 6.88. The molecule has 1 heterocycles. The number of hydrogen-bond acceptors (Lipinski definition) is 3. The van der Waals surface area contributed by atoms with Crippen LogP contribution in [0.25, 0.3) is 0 Å². The second kappa shape index (κ2) is 10.3. The van der Waals surface area contributed by atoms with Crippen molar-refractivity contribution in [1.29, 1.82) is 0 Å². The number of ether oxygens (including phenoxy) is 1. The molecule has 0 radical (unpaired) electrons. The Balaban J connectivity index is 0.000000589. The van der Waals surface area contributed by atoms with E-state index in [4.69, 9.17) is 4.74 Å². The van der Waals surface area contributed by atoms with Crippen LogP contribution >= 0.6 is 0 Å². The van der Waals surface area contributed by atoms with E-state index in [-0.39, 0.29) is 17.8 Å². The van der Waals surface area contributed by atoms with Crippen molar-refractivity contribution >= 4 is 17.9 Å². The summed E-state index contributed by atoms with van der Waals surface area (Å²) in [6.45, 7) is 2.33. The molecule has 1 aliphatic heterocycles. The number of rotatable bonds is 6. The number of hydrogen-bond donors (Lipinski definition) is 0. The molecule has 30 heavy (non-hydrogen) atoms. The number of anilines is 1. The molecular formula is C25H24FNO3. The lowest BCUT2D eigenvalue weighted by Crippen LogP contribution is -2.46. The highest BCUT2D eigenvalue weighted by Crippen LogP contribution is 2.39. The summed E-state index contributed by atoms with van der Waals surface area (Å²) in [4.78, 5) is 22.9. The highest BCUT2D eigenvalue weighted by Gasteiger charge is 2.38. The average Bonchev–Trinajstić information content (AvgIpc) is 2.79. The van der Waals surface area contributed by atoms with E-state index in [1.54, 1.807) is 17.0 Å². The summed E-state index contributed by atoms with van der Waals surface area (Å²) in [5.41, 5.74) is 2.88. The molecule has 1 amide bonds. The molecule has 5 heteroatoms. The number of carbonyl (C=O) groups is 2. The lowest BCUT2D eigenvalue weighted by Gasteiger charge is -2.40. The molecule has 154 valence electrons. The SMILES string of the molecule is CCC=O.O=C1C[C@@H](c2ccc(OCc3ccccc3)cc2)N1c1ccc(F)cc1. The van der Waals surface area contributed by atoms with Crippen LogP contribution in [0.5, 0.6) is 5.75 Å². The van der Waals surface area contributed by atoms with Crippen LogP contribution in [0.4, 0.5) is 10.1 Å². The van der Waals surface area contributed by atoms with Crippen molar-refractivity contribution in [2.75, 3.05) is 4.90 Å². The third-order valence-corrected chi connectivity index (χ3v) is 4.73. The number of β-lactam (4-membered cyclic amide) rings is 1. The van der Waals surface area contributed by atoms with Gasteiger partial charge < -0.3 is 14.4 Å². The molecule has 0 spiro atoms. The minimum atomic E-state index is -0.307. The summed E-state index contributed by atoms with van der Waals surface area (Å²) in [6, 6.07) is 23.8. The van der Waals surface area contributed by atoms with E-state index in [0.717, 1.165) is 28.8 Å². The van der Waals surface area contributed by atoms with Crippen molar-refractivity contribution < 1.29 is 18.7 Å². The third kappa shape index (κ3) is 5.32. The van der Waals surface area contributed by atoms with Gasteiger partial charge in [-0.1, -0.05) is 49.4 Å². The average molecular weight is 405 g/mol. The molecule has 0 N–H and O–H groups in total. The topological polar surface area (TPSA) is 46.6 Å². The Morgan fingerprint density at radius 3 is 2.20 bits per heavy atom. The van der Waals surface area contributed by atoms with Crippen LogP contribution in [0.3, 0.4) is 0 Å². The zero-order valence-electron chi connectivity index (χ0n) is 16.8. The highest BCUT2D eigenvalue weighted by molar-refractivity contribution is 6.01. The summed E-state index contributed by atoms with van der Waals surface area (Å²) >= 11 is 0. The van der Waals surface area contributed by atoms with Crippen LogP contribution < -0.4 is 9.64 Å². The number of nitrogens with zero attached hydrogens (tertiary/aromatic N) is 1. The molecule has 0 aromatic heterocycles. The normalized spacial score (nSPS) is 14.9. The second-order valence-corrected chi connectivity index (χ2v) is 6.88. The lowest BCUT2D eigenvalue weighted by molar-refractivity contribution is -0.124. The Hall–Kier alpha value is -3.47. The molecule has 0 unspecified atom stereocenters. The van der Waals surface area contributed by atoms with Gasteiger partial charge in [-0.2, -0.15) is 0 Å². The van der Waals surface area contributed by atoms with E-state index in [1.807, 2.05) is 61.5 Å². The van der Waals surface area contributed by atoms with Crippen LogP contribution in [0.2, 0.25) is 0 Å². The number of aldehydes is 1. The molecule has 0 saturated carbocycles. The van der Waals surface area contributed by atoms with Crippen molar-refractivity contribution in [2.24, 2.45) is 0 Å². The number of benzene rings is 3. The van der Waals surface area contributed by atoms with Gasteiger partial charge in [-0.3, -0.25) is 4.79 Å². The van der Waals surface area contributed by atoms with Crippen LogP contribution in [-0.2, 0) is 16.2 Å². The van der Waals surface area contributed by atoms with Gasteiger partial charge in [-0.05, 0) is 47.5 Å². The molecule has 4 nitrogen and oxygen atoms in total. The molecule has 1 saturated heterocycles. The van der Waals surface area contributed by atoms with Crippen molar-refractivity contribution in [3.8, 4) is 5.75 Å². The Morgan fingerprint density at radius 1 is 1.00 bits per heavy atom. The Morgan fingerprint density at radius 2 is 1.63 bits per heavy atom. The van der Waals surface area contributed by atoms with Gasteiger partial charge in [-0.15, -0.1) is 0 Å². The molecule has 3 aromatic rings. The van der Waals surface area contributed by atoms with Crippen molar-refractivity contribution in [1.82, 2.24) is 0 Å². The van der Waals surface area contributed by atoms with Gasteiger partial charge >= 0.3 is 0 Å². The summed E-state index contributed by atoms with van der Waals surface area (Å²) in [7, 11) is 0. The van der Waals surface area contributed by atoms with Crippen LogP contribution in [0.1, 0.15) is 36.9 Å². The first-order valence-corrected chi connectivity index (χ1v) is 9.90. The Bertz CT molecular complexity index is 956. The van der Waals surface area contributed by atoms with Gasteiger partial charge in [0.25, 0.3) is 0 Å². The summed E-state index contributed by atoms with van der Waals surface area (Å²) in [5.74, 6) is 0.529. The summed E-state index contributed by atoms with van der Waals surface area (Å²) in [5, 5.41) is 0. The van der Waals surface area contributed by atoms with Crippen molar-refractivity contribution in [3.63, 3.8) is 0 Å². The predicted molar refractivity (Wildman–Crippen MR) is 115 cm³/mol. The van der Waals surface area contributed by atoms with Gasteiger partial charge in [0, 0.05) is 12.1 Å². The first-order valence-electron chi connectivity index (χ1n) is 9.90. The van der Waals surface area contributed by atoms with Gasteiger partial charge in [0.05, 0.1) is 12.5 Å². The largest absolute Gasteiger partial charge is 0.489 e. The highest BCUT2D eigenvalue weighted by atomic mass is 19.1. The van der Waals surface area contributed by atoms with E-state index in [1.165, 1.54) is 12.1 Å². The maximum atomic E-state index is 13.1. The quantitative estimate of drug-likeness (QED) is 0.403. The maximum absolute atomic E-state index is 13.1. The minimum absolute atomic E-state index is 0.0175. The Labute approximate surface area is 175 Å². The van der Waals surface area contributed by atoms with E-state index in [9.17, 15) is 14.0 Å². The van der Waals surface area contributed by atoms with Crippen molar-refractivity contribution in [3.05, 3.63) is 95.8 Å². The molecule has 0 bridgehead atoms. The van der Waals surface area contributed by atoms with Gasteiger partial charge in [0.15, 0.2) is 0 Å². The standard InChI is InChI=1S/C22H18FNO2.C3H6O/c23-18-8-10-19(11-9-18)24-21(14-22(24)25)17-6-12-20(13-7-17)26-15-16-4-2-1-3-5-16;1-2-3-4/h1-13,21H,14-15H2;3H,2H2,1H3/t21-;/m0./s1. The molecule has 1 fully saturated rings. The fraction of sp³-hybridized carbons (Fsp3) is 0.200.